The lowest BCUT2D eigenvalue weighted by Crippen LogP contribution is -2.37. The van der Waals surface area contributed by atoms with E-state index in [0.29, 0.717) is 37.5 Å². The van der Waals surface area contributed by atoms with Crippen molar-refractivity contribution in [1.82, 2.24) is 9.21 Å². The Labute approximate surface area is 202 Å². The molecule has 0 saturated heterocycles. The maximum atomic E-state index is 13.3. The van der Waals surface area contributed by atoms with Crippen LogP contribution in [0.1, 0.15) is 18.9 Å². The number of rotatable bonds is 14. The average molecular weight is 516 g/mol. The van der Waals surface area contributed by atoms with Crippen molar-refractivity contribution in [1.29, 1.82) is 0 Å². The molecule has 0 heterocycles. The molecular formula is C22H33N3O7S2. The summed E-state index contributed by atoms with van der Waals surface area (Å²) < 4.78 is 65.2. The summed E-state index contributed by atoms with van der Waals surface area (Å²) in [4.78, 5) is 5.58. The average Bonchev–Trinajstić information content (AvgIpc) is 2.76. The van der Waals surface area contributed by atoms with E-state index in [-0.39, 0.29) is 23.7 Å². The Bertz CT molecular complexity index is 1150. The Balaban J connectivity index is 2.36. The number of likely N-dealkylation sites (N-methyl/N-ethyl adjacent to an activating group) is 2. The molecule has 34 heavy (non-hydrogen) atoms. The van der Waals surface area contributed by atoms with Gasteiger partial charge >= 0.3 is 10.1 Å². The summed E-state index contributed by atoms with van der Waals surface area (Å²) in [5.74, 6) is 5.41. The van der Waals surface area contributed by atoms with Crippen molar-refractivity contribution >= 4 is 20.1 Å². The normalized spacial score (nSPS) is 12.3. The van der Waals surface area contributed by atoms with Gasteiger partial charge in [-0.1, -0.05) is 19.1 Å². The SMILES string of the molecule is CCN(CCN(C)C)S(=O)(=O)c1ccccc1S(=O)(=O)Oc1cc(C)cc(OCCCON)c1. The minimum atomic E-state index is -4.47. The van der Waals surface area contributed by atoms with Crippen molar-refractivity contribution in [3.63, 3.8) is 0 Å². The molecule has 0 aromatic heterocycles. The molecular weight excluding hydrogens is 482 g/mol. The lowest BCUT2D eigenvalue weighted by Gasteiger charge is -2.23. The zero-order valence-corrected chi connectivity index (χ0v) is 21.6. The van der Waals surface area contributed by atoms with Crippen molar-refractivity contribution in [2.75, 3.05) is 46.9 Å². The smallest absolute Gasteiger partial charge is 0.340 e. The van der Waals surface area contributed by atoms with E-state index in [2.05, 4.69) is 4.84 Å². The number of sulfonamides is 1. The first-order valence-corrected chi connectivity index (χ1v) is 13.6. The molecule has 190 valence electrons. The molecule has 10 nitrogen and oxygen atoms in total. The van der Waals surface area contributed by atoms with E-state index in [1.54, 1.807) is 19.9 Å². The molecule has 0 atom stereocenters. The Hall–Kier alpha value is -2.22. The van der Waals surface area contributed by atoms with Crippen molar-refractivity contribution in [3.05, 3.63) is 48.0 Å². The third-order valence-electron chi connectivity index (χ3n) is 4.79. The van der Waals surface area contributed by atoms with Crippen molar-refractivity contribution in [2.24, 2.45) is 5.90 Å². The quantitative estimate of drug-likeness (QED) is 0.228. The highest BCUT2D eigenvalue weighted by Crippen LogP contribution is 2.29. The van der Waals surface area contributed by atoms with Crippen LogP contribution in [-0.4, -0.2) is 73.0 Å². The van der Waals surface area contributed by atoms with Crippen LogP contribution in [0.2, 0.25) is 0 Å². The summed E-state index contributed by atoms with van der Waals surface area (Å²) in [5, 5.41) is 0. The predicted molar refractivity (Wildman–Crippen MR) is 129 cm³/mol. The molecule has 0 saturated carbocycles. The second kappa shape index (κ2) is 12.5. The third-order valence-corrected chi connectivity index (χ3v) is 8.26. The number of nitrogens with two attached hydrogens (primary N) is 1. The van der Waals surface area contributed by atoms with Gasteiger partial charge in [-0.15, -0.1) is 0 Å². The summed E-state index contributed by atoms with van der Waals surface area (Å²) in [6, 6.07) is 10.1. The van der Waals surface area contributed by atoms with Gasteiger partial charge in [-0.05, 0) is 50.8 Å². The first kappa shape index (κ1) is 28.0. The van der Waals surface area contributed by atoms with Crippen molar-refractivity contribution in [2.45, 2.75) is 30.1 Å². The number of aryl methyl sites for hydroxylation is 1. The Kier molecular flexibility index (Phi) is 10.3. The van der Waals surface area contributed by atoms with Crippen LogP contribution >= 0.6 is 0 Å². The first-order valence-electron chi connectivity index (χ1n) is 10.8. The minimum absolute atomic E-state index is 0.0113. The van der Waals surface area contributed by atoms with Crippen LogP contribution < -0.4 is 14.8 Å². The van der Waals surface area contributed by atoms with E-state index in [1.165, 1.54) is 40.7 Å². The van der Waals surface area contributed by atoms with Gasteiger partial charge in [0.05, 0.1) is 13.2 Å². The maximum absolute atomic E-state index is 13.3. The lowest BCUT2D eigenvalue weighted by atomic mass is 10.2. The minimum Gasteiger partial charge on any atom is -0.493 e. The standard InChI is InChI=1S/C22H33N3O7S2/c1-5-25(12-11-24(3)4)33(26,27)21-9-6-7-10-22(21)34(28,29)32-20-16-18(2)15-19(17-20)30-13-8-14-31-23/h6-7,9-10,15-17H,5,8,11-14,23H2,1-4H3. The third kappa shape index (κ3) is 7.65. The van der Waals surface area contributed by atoms with Gasteiger partial charge in [-0.25, -0.2) is 14.3 Å². The maximum Gasteiger partial charge on any atom is 0.340 e. The van der Waals surface area contributed by atoms with Gasteiger partial charge in [-0.2, -0.15) is 12.7 Å². The van der Waals surface area contributed by atoms with Crippen molar-refractivity contribution in [3.8, 4) is 11.5 Å². The van der Waals surface area contributed by atoms with Gasteiger partial charge in [0, 0.05) is 32.1 Å². The predicted octanol–water partition coefficient (Wildman–Crippen LogP) is 1.99. The van der Waals surface area contributed by atoms with E-state index >= 15 is 0 Å². The molecule has 2 rings (SSSR count). The van der Waals surface area contributed by atoms with E-state index in [4.69, 9.17) is 14.8 Å². The molecule has 0 spiro atoms. The summed E-state index contributed by atoms with van der Waals surface area (Å²) in [6.45, 7) is 4.99. The van der Waals surface area contributed by atoms with Crippen LogP contribution in [-0.2, 0) is 25.0 Å². The topological polar surface area (TPSA) is 128 Å². The largest absolute Gasteiger partial charge is 0.493 e. The van der Waals surface area contributed by atoms with Crippen LogP contribution in [0, 0.1) is 6.92 Å². The summed E-state index contributed by atoms with van der Waals surface area (Å²) in [6.07, 6.45) is 0.548. The Morgan fingerprint density at radius 1 is 0.912 bits per heavy atom. The summed E-state index contributed by atoms with van der Waals surface area (Å²) in [7, 11) is -4.89. The Morgan fingerprint density at radius 2 is 1.56 bits per heavy atom. The van der Waals surface area contributed by atoms with E-state index in [1.807, 2.05) is 19.0 Å². The lowest BCUT2D eigenvalue weighted by molar-refractivity contribution is 0.122. The van der Waals surface area contributed by atoms with E-state index in [9.17, 15) is 16.8 Å². The molecule has 0 aliphatic rings. The fraction of sp³-hybridized carbons (Fsp3) is 0.455. The van der Waals surface area contributed by atoms with Crippen LogP contribution in [0.3, 0.4) is 0 Å². The monoisotopic (exact) mass is 515 g/mol. The van der Waals surface area contributed by atoms with Crippen LogP contribution in [0.15, 0.2) is 52.3 Å². The molecule has 0 aliphatic carbocycles. The molecule has 0 radical (unpaired) electrons. The van der Waals surface area contributed by atoms with E-state index in [0.717, 1.165) is 0 Å². The van der Waals surface area contributed by atoms with Crippen LogP contribution in [0.25, 0.3) is 0 Å². The first-order chi connectivity index (χ1) is 16.0. The highest BCUT2D eigenvalue weighted by Gasteiger charge is 2.31. The second-order valence-corrected chi connectivity index (χ2v) is 11.3. The molecule has 2 N–H and O–H groups in total. The molecule has 2 aromatic carbocycles. The van der Waals surface area contributed by atoms with Gasteiger partial charge in [0.2, 0.25) is 10.0 Å². The zero-order valence-electron chi connectivity index (χ0n) is 19.9. The number of nitrogens with zero attached hydrogens (tertiary/aromatic N) is 2. The highest BCUT2D eigenvalue weighted by atomic mass is 32.2. The molecule has 2 aromatic rings. The fourth-order valence-electron chi connectivity index (χ4n) is 3.12. The summed E-state index contributed by atoms with van der Waals surface area (Å²) >= 11 is 0. The second-order valence-electron chi connectivity index (χ2n) is 7.84. The molecule has 12 heteroatoms. The molecule has 0 aliphatic heterocycles. The van der Waals surface area contributed by atoms with Gasteiger partial charge in [0.25, 0.3) is 0 Å². The van der Waals surface area contributed by atoms with Gasteiger partial charge < -0.3 is 18.7 Å². The number of hydrogen-bond acceptors (Lipinski definition) is 9. The van der Waals surface area contributed by atoms with Gasteiger partial charge in [-0.3, -0.25) is 0 Å². The van der Waals surface area contributed by atoms with E-state index < -0.39 is 25.0 Å². The zero-order chi connectivity index (χ0) is 25.4. The summed E-state index contributed by atoms with van der Waals surface area (Å²) in [5.41, 5.74) is 0.708. The molecule has 0 unspecified atom stereocenters. The van der Waals surface area contributed by atoms with Gasteiger partial charge in [0.1, 0.15) is 21.3 Å². The Morgan fingerprint density at radius 3 is 2.18 bits per heavy atom. The fourth-order valence-corrected chi connectivity index (χ4v) is 6.25. The number of hydrogen-bond donors (Lipinski definition) is 1. The van der Waals surface area contributed by atoms with Crippen LogP contribution in [0.5, 0.6) is 11.5 Å². The number of ether oxygens (including phenoxy) is 1. The number of benzene rings is 2. The molecule has 0 fully saturated rings. The van der Waals surface area contributed by atoms with Gasteiger partial charge in [0.15, 0.2) is 0 Å². The molecule has 0 amide bonds. The highest BCUT2D eigenvalue weighted by molar-refractivity contribution is 7.91. The van der Waals surface area contributed by atoms with Crippen LogP contribution in [0.4, 0.5) is 0 Å². The van der Waals surface area contributed by atoms with Crippen molar-refractivity contribution < 1.29 is 30.6 Å². The molecule has 0 bridgehead atoms.